The number of amides is 3. The van der Waals surface area contributed by atoms with Crippen LogP contribution in [0, 0.1) is 0 Å². The summed E-state index contributed by atoms with van der Waals surface area (Å²) >= 11 is 3.24. The van der Waals surface area contributed by atoms with Crippen LogP contribution in [0.15, 0.2) is 22.7 Å². The fourth-order valence-corrected chi connectivity index (χ4v) is 1.76. The molecular weight excluding hydrogens is 328 g/mol. The Morgan fingerprint density at radius 1 is 1.45 bits per heavy atom. The lowest BCUT2D eigenvalue weighted by molar-refractivity contribution is -0.126. The van der Waals surface area contributed by atoms with Gasteiger partial charge in [0.15, 0.2) is 12.4 Å². The minimum absolute atomic E-state index is 0.279. The largest absolute Gasteiger partial charge is 0.480 e. The topological polar surface area (TPSA) is 84.5 Å². The maximum absolute atomic E-state index is 11.7. The number of carbonyl (C=O) groups excluding carboxylic acids is 3. The molecular formula is C13H15BrN2O4. The highest BCUT2D eigenvalue weighted by molar-refractivity contribution is 9.10. The minimum Gasteiger partial charge on any atom is -0.480 e. The van der Waals surface area contributed by atoms with E-state index in [2.05, 4.69) is 26.6 Å². The molecule has 0 aliphatic carbocycles. The van der Waals surface area contributed by atoms with Crippen LogP contribution in [0.5, 0.6) is 5.75 Å². The molecule has 1 atom stereocenters. The highest BCUT2D eigenvalue weighted by atomic mass is 79.9. The van der Waals surface area contributed by atoms with Crippen molar-refractivity contribution in [3.8, 4) is 5.75 Å². The van der Waals surface area contributed by atoms with Gasteiger partial charge in [-0.25, -0.2) is 4.79 Å². The predicted molar refractivity (Wildman–Crippen MR) is 76.8 cm³/mol. The van der Waals surface area contributed by atoms with Crippen molar-refractivity contribution in [1.29, 1.82) is 0 Å². The Balaban J connectivity index is 2.70. The van der Waals surface area contributed by atoms with Crippen LogP contribution in [0.2, 0.25) is 0 Å². The van der Waals surface area contributed by atoms with Crippen LogP contribution in [0.25, 0.3) is 0 Å². The first-order valence-electron chi connectivity index (χ1n) is 5.98. The molecule has 108 valence electrons. The van der Waals surface area contributed by atoms with Gasteiger partial charge in [0, 0.05) is 11.0 Å². The van der Waals surface area contributed by atoms with Crippen molar-refractivity contribution < 1.29 is 19.1 Å². The van der Waals surface area contributed by atoms with E-state index >= 15 is 0 Å². The molecule has 0 fully saturated rings. The zero-order valence-corrected chi connectivity index (χ0v) is 12.7. The highest BCUT2D eigenvalue weighted by Gasteiger charge is 2.18. The van der Waals surface area contributed by atoms with E-state index in [4.69, 9.17) is 4.74 Å². The van der Waals surface area contributed by atoms with E-state index in [9.17, 15) is 14.4 Å². The lowest BCUT2D eigenvalue weighted by atomic mass is 10.2. The molecule has 0 spiro atoms. The van der Waals surface area contributed by atoms with Crippen LogP contribution in [0.4, 0.5) is 4.79 Å². The first-order chi connectivity index (χ1) is 9.47. The molecule has 6 nitrogen and oxygen atoms in total. The zero-order chi connectivity index (χ0) is 15.1. The number of imide groups is 1. The smallest absolute Gasteiger partial charge is 0.321 e. The van der Waals surface area contributed by atoms with E-state index in [1.54, 1.807) is 25.1 Å². The average Bonchev–Trinajstić information content (AvgIpc) is 2.40. The molecule has 1 unspecified atom stereocenters. The summed E-state index contributed by atoms with van der Waals surface area (Å²) in [5.41, 5.74) is 0.317. The maximum Gasteiger partial charge on any atom is 0.321 e. The molecule has 0 aliphatic heterocycles. The van der Waals surface area contributed by atoms with Crippen LogP contribution in [-0.4, -0.2) is 30.9 Å². The lowest BCUT2D eigenvalue weighted by Crippen LogP contribution is -2.45. The van der Waals surface area contributed by atoms with Gasteiger partial charge < -0.3 is 10.1 Å². The second-order valence-electron chi connectivity index (χ2n) is 3.91. The van der Waals surface area contributed by atoms with Crippen molar-refractivity contribution in [1.82, 2.24) is 10.6 Å². The Morgan fingerprint density at radius 2 is 2.15 bits per heavy atom. The van der Waals surface area contributed by atoms with Crippen LogP contribution in [0.1, 0.15) is 24.2 Å². The molecule has 0 aromatic heterocycles. The maximum atomic E-state index is 11.7. The molecule has 20 heavy (non-hydrogen) atoms. The predicted octanol–water partition coefficient (Wildman–Crippen LogP) is 1.87. The number of hydrogen-bond acceptors (Lipinski definition) is 4. The number of hydrogen-bond donors (Lipinski definition) is 2. The van der Waals surface area contributed by atoms with Gasteiger partial charge >= 0.3 is 6.03 Å². The van der Waals surface area contributed by atoms with Gasteiger partial charge in [-0.15, -0.1) is 0 Å². The SMILES string of the molecule is CCNC(=O)NC(=O)C(C)Oc1ccc(Br)cc1C=O. The summed E-state index contributed by atoms with van der Waals surface area (Å²) in [6.45, 7) is 3.64. The Hall–Kier alpha value is -1.89. The normalized spacial score (nSPS) is 11.3. The Labute approximate surface area is 125 Å². The third-order valence-corrected chi connectivity index (χ3v) is 2.84. The fraction of sp³-hybridized carbons (Fsp3) is 0.308. The number of nitrogens with one attached hydrogen (secondary N) is 2. The molecule has 3 amide bonds. The number of benzene rings is 1. The summed E-state index contributed by atoms with van der Waals surface area (Å²) in [7, 11) is 0. The summed E-state index contributed by atoms with van der Waals surface area (Å²) in [5.74, 6) is -0.308. The van der Waals surface area contributed by atoms with Crippen molar-refractivity contribution in [2.45, 2.75) is 20.0 Å². The van der Waals surface area contributed by atoms with Gasteiger partial charge in [0.05, 0.1) is 5.56 Å². The number of ether oxygens (including phenoxy) is 1. The molecule has 0 saturated heterocycles. The number of aldehydes is 1. The van der Waals surface area contributed by atoms with E-state index in [1.807, 2.05) is 0 Å². The molecule has 7 heteroatoms. The van der Waals surface area contributed by atoms with Gasteiger partial charge in [0.25, 0.3) is 5.91 Å². The van der Waals surface area contributed by atoms with Crippen molar-refractivity contribution in [2.75, 3.05) is 6.54 Å². The van der Waals surface area contributed by atoms with E-state index < -0.39 is 18.0 Å². The van der Waals surface area contributed by atoms with Crippen LogP contribution < -0.4 is 15.4 Å². The van der Waals surface area contributed by atoms with Crippen LogP contribution in [-0.2, 0) is 4.79 Å². The lowest BCUT2D eigenvalue weighted by Gasteiger charge is -2.15. The Bertz CT molecular complexity index is 519. The summed E-state index contributed by atoms with van der Waals surface area (Å²) in [5, 5.41) is 4.57. The monoisotopic (exact) mass is 342 g/mol. The first-order valence-corrected chi connectivity index (χ1v) is 6.77. The molecule has 1 aromatic carbocycles. The molecule has 0 saturated carbocycles. The van der Waals surface area contributed by atoms with Gasteiger partial charge in [-0.2, -0.15) is 0 Å². The number of carbonyl (C=O) groups is 3. The van der Waals surface area contributed by atoms with Crippen molar-refractivity contribution in [3.05, 3.63) is 28.2 Å². The number of rotatable bonds is 5. The number of halogens is 1. The summed E-state index contributed by atoms with van der Waals surface area (Å²) in [4.78, 5) is 33.9. The van der Waals surface area contributed by atoms with Crippen LogP contribution >= 0.6 is 15.9 Å². The van der Waals surface area contributed by atoms with Gasteiger partial charge in [0.1, 0.15) is 5.75 Å². The molecule has 1 rings (SSSR count). The van der Waals surface area contributed by atoms with E-state index in [-0.39, 0.29) is 5.75 Å². The molecule has 0 radical (unpaired) electrons. The van der Waals surface area contributed by atoms with Crippen molar-refractivity contribution in [2.24, 2.45) is 0 Å². The standard InChI is InChI=1S/C13H15BrN2O4/c1-3-15-13(19)16-12(18)8(2)20-11-5-4-10(14)6-9(11)7-17/h4-8H,3H2,1-2H3,(H2,15,16,18,19). The fourth-order valence-electron chi connectivity index (χ4n) is 1.38. The zero-order valence-electron chi connectivity index (χ0n) is 11.1. The summed E-state index contributed by atoms with van der Waals surface area (Å²) < 4.78 is 6.12. The third kappa shape index (κ3) is 4.65. The van der Waals surface area contributed by atoms with E-state index in [0.29, 0.717) is 18.4 Å². The quantitative estimate of drug-likeness (QED) is 0.800. The Morgan fingerprint density at radius 3 is 2.75 bits per heavy atom. The average molecular weight is 343 g/mol. The van der Waals surface area contributed by atoms with Gasteiger partial charge in [-0.3, -0.25) is 14.9 Å². The van der Waals surface area contributed by atoms with Crippen LogP contribution in [0.3, 0.4) is 0 Å². The summed E-state index contributed by atoms with van der Waals surface area (Å²) in [6.07, 6.45) is -0.272. The Kier molecular flexibility index (Phi) is 6.17. The van der Waals surface area contributed by atoms with Gasteiger partial charge in [0.2, 0.25) is 0 Å². The third-order valence-electron chi connectivity index (χ3n) is 2.35. The number of urea groups is 1. The van der Waals surface area contributed by atoms with Gasteiger partial charge in [-0.05, 0) is 32.0 Å². The summed E-state index contributed by atoms with van der Waals surface area (Å²) in [6, 6.07) is 4.26. The molecule has 0 heterocycles. The minimum atomic E-state index is -0.905. The van der Waals surface area contributed by atoms with E-state index in [1.165, 1.54) is 6.92 Å². The van der Waals surface area contributed by atoms with Gasteiger partial charge in [-0.1, -0.05) is 15.9 Å². The second kappa shape index (κ2) is 7.64. The molecule has 2 N–H and O–H groups in total. The highest BCUT2D eigenvalue weighted by Crippen LogP contribution is 2.22. The second-order valence-corrected chi connectivity index (χ2v) is 4.82. The first kappa shape index (κ1) is 16.2. The molecule has 0 bridgehead atoms. The molecule has 1 aromatic rings. The van der Waals surface area contributed by atoms with E-state index in [0.717, 1.165) is 4.47 Å². The molecule has 0 aliphatic rings. The van der Waals surface area contributed by atoms with Crippen molar-refractivity contribution >= 4 is 34.2 Å². The van der Waals surface area contributed by atoms with Crippen molar-refractivity contribution in [3.63, 3.8) is 0 Å².